The summed E-state index contributed by atoms with van der Waals surface area (Å²) in [6.07, 6.45) is 1.17. The number of hydrogen-bond donors (Lipinski definition) is 4. The van der Waals surface area contributed by atoms with Gasteiger partial charge in [-0.15, -0.1) is 0 Å². The molecule has 0 atom stereocenters. The Kier molecular flexibility index (Phi) is 5.27. The van der Waals surface area contributed by atoms with Crippen molar-refractivity contribution in [2.45, 2.75) is 6.42 Å². The fraction of sp³-hybridized carbons (Fsp3) is 0.273. The predicted molar refractivity (Wildman–Crippen MR) is 66.7 cm³/mol. The van der Waals surface area contributed by atoms with E-state index in [1.165, 1.54) is 25.4 Å². The van der Waals surface area contributed by atoms with Gasteiger partial charge in [0, 0.05) is 7.05 Å². The van der Waals surface area contributed by atoms with E-state index in [2.05, 4.69) is 20.9 Å². The van der Waals surface area contributed by atoms with Crippen molar-refractivity contribution >= 4 is 23.6 Å². The SMILES string of the molecule is CNC(=O)CNC(=O)Nc1ccc(CC(=O)O)nc1. The molecular formula is C11H14N4O4. The predicted octanol–water partition coefficient (Wildman–Crippen LogP) is -0.424. The number of anilines is 1. The molecule has 0 aliphatic heterocycles. The Hall–Kier alpha value is -2.64. The number of likely N-dealkylation sites (N-methyl/N-ethyl adjacent to an activating group) is 1. The maximum Gasteiger partial charge on any atom is 0.319 e. The summed E-state index contributed by atoms with van der Waals surface area (Å²) in [4.78, 5) is 36.6. The Labute approximate surface area is 109 Å². The van der Waals surface area contributed by atoms with E-state index in [1.807, 2.05) is 0 Å². The molecule has 3 amide bonds. The van der Waals surface area contributed by atoms with Gasteiger partial charge in [0.1, 0.15) is 0 Å². The number of carboxylic acids is 1. The van der Waals surface area contributed by atoms with Crippen LogP contribution in [0.1, 0.15) is 5.69 Å². The van der Waals surface area contributed by atoms with Crippen LogP contribution in [0, 0.1) is 0 Å². The lowest BCUT2D eigenvalue weighted by molar-refractivity contribution is -0.136. The average molecular weight is 266 g/mol. The zero-order valence-corrected chi connectivity index (χ0v) is 10.3. The van der Waals surface area contributed by atoms with E-state index in [1.54, 1.807) is 0 Å². The third-order valence-corrected chi connectivity index (χ3v) is 2.10. The van der Waals surface area contributed by atoms with Crippen LogP contribution in [-0.4, -0.2) is 41.6 Å². The molecule has 1 rings (SSSR count). The molecule has 0 aliphatic rings. The highest BCUT2D eigenvalue weighted by Crippen LogP contribution is 2.06. The number of aromatic nitrogens is 1. The molecule has 1 heterocycles. The second-order valence-corrected chi connectivity index (χ2v) is 3.59. The van der Waals surface area contributed by atoms with Crippen LogP contribution in [0.3, 0.4) is 0 Å². The number of carbonyl (C=O) groups excluding carboxylic acids is 2. The van der Waals surface area contributed by atoms with Crippen LogP contribution in [0.25, 0.3) is 0 Å². The van der Waals surface area contributed by atoms with Crippen LogP contribution in [0.15, 0.2) is 18.3 Å². The Morgan fingerprint density at radius 3 is 2.58 bits per heavy atom. The first-order valence-corrected chi connectivity index (χ1v) is 5.43. The van der Waals surface area contributed by atoms with E-state index < -0.39 is 12.0 Å². The lowest BCUT2D eigenvalue weighted by Gasteiger charge is -2.07. The Balaban J connectivity index is 2.46. The molecular weight excluding hydrogens is 252 g/mol. The molecule has 8 heteroatoms. The maximum absolute atomic E-state index is 11.4. The molecule has 0 fully saturated rings. The van der Waals surface area contributed by atoms with Crippen molar-refractivity contribution in [1.82, 2.24) is 15.6 Å². The molecule has 19 heavy (non-hydrogen) atoms. The normalized spacial score (nSPS) is 9.53. The van der Waals surface area contributed by atoms with Gasteiger partial charge >= 0.3 is 12.0 Å². The van der Waals surface area contributed by atoms with Crippen molar-refractivity contribution in [1.29, 1.82) is 0 Å². The second-order valence-electron chi connectivity index (χ2n) is 3.59. The summed E-state index contributed by atoms with van der Waals surface area (Å²) in [6, 6.07) is 2.49. The van der Waals surface area contributed by atoms with Crippen LogP contribution < -0.4 is 16.0 Å². The first kappa shape index (κ1) is 14.4. The monoisotopic (exact) mass is 266 g/mol. The van der Waals surface area contributed by atoms with E-state index in [0.717, 1.165) is 0 Å². The number of carbonyl (C=O) groups is 3. The molecule has 0 saturated carbocycles. The largest absolute Gasteiger partial charge is 0.481 e. The summed E-state index contributed by atoms with van der Waals surface area (Å²) in [5, 5.41) is 15.7. The standard InChI is InChI=1S/C11H14N4O4/c1-12-9(16)6-14-11(19)15-8-3-2-7(13-5-8)4-10(17)18/h2-3,5H,4,6H2,1H3,(H,12,16)(H,17,18)(H2,14,15,19). The minimum absolute atomic E-state index is 0.132. The summed E-state index contributed by atoms with van der Waals surface area (Å²) in [5.74, 6) is -1.29. The van der Waals surface area contributed by atoms with Crippen molar-refractivity contribution in [2.75, 3.05) is 18.9 Å². The summed E-state index contributed by atoms with van der Waals surface area (Å²) in [5.41, 5.74) is 0.798. The molecule has 102 valence electrons. The van der Waals surface area contributed by atoms with Gasteiger partial charge in [-0.2, -0.15) is 0 Å². The van der Waals surface area contributed by atoms with Crippen LogP contribution in [0.4, 0.5) is 10.5 Å². The number of nitrogens with zero attached hydrogens (tertiary/aromatic N) is 1. The van der Waals surface area contributed by atoms with E-state index in [4.69, 9.17) is 5.11 Å². The first-order valence-electron chi connectivity index (χ1n) is 5.43. The Morgan fingerprint density at radius 2 is 2.05 bits per heavy atom. The summed E-state index contributed by atoms with van der Waals surface area (Å²) >= 11 is 0. The van der Waals surface area contributed by atoms with Gasteiger partial charge < -0.3 is 21.1 Å². The number of hydrogen-bond acceptors (Lipinski definition) is 4. The average Bonchev–Trinajstić information content (AvgIpc) is 2.37. The van der Waals surface area contributed by atoms with Crippen LogP contribution in [0.2, 0.25) is 0 Å². The molecule has 0 unspecified atom stereocenters. The fourth-order valence-corrected chi connectivity index (χ4v) is 1.18. The minimum Gasteiger partial charge on any atom is -0.481 e. The highest BCUT2D eigenvalue weighted by Gasteiger charge is 2.05. The topological polar surface area (TPSA) is 120 Å². The van der Waals surface area contributed by atoms with Crippen molar-refractivity contribution in [3.8, 4) is 0 Å². The molecule has 0 aliphatic carbocycles. The lowest BCUT2D eigenvalue weighted by Crippen LogP contribution is -2.37. The number of nitrogens with one attached hydrogen (secondary N) is 3. The zero-order chi connectivity index (χ0) is 14.3. The zero-order valence-electron chi connectivity index (χ0n) is 10.3. The molecule has 0 aromatic carbocycles. The van der Waals surface area contributed by atoms with Crippen LogP contribution >= 0.6 is 0 Å². The number of amides is 3. The number of urea groups is 1. The van der Waals surface area contributed by atoms with E-state index in [0.29, 0.717) is 11.4 Å². The molecule has 0 spiro atoms. The van der Waals surface area contributed by atoms with Crippen molar-refractivity contribution < 1.29 is 19.5 Å². The third-order valence-electron chi connectivity index (χ3n) is 2.10. The van der Waals surface area contributed by atoms with E-state index in [9.17, 15) is 14.4 Å². The molecule has 8 nitrogen and oxygen atoms in total. The molecule has 4 N–H and O–H groups in total. The quantitative estimate of drug-likeness (QED) is 0.576. The molecule has 1 aromatic rings. The molecule has 0 bridgehead atoms. The van der Waals surface area contributed by atoms with Gasteiger partial charge in [-0.3, -0.25) is 14.6 Å². The number of aliphatic carboxylic acids is 1. The number of rotatable bonds is 5. The number of carboxylic acid groups (broad SMARTS) is 1. The molecule has 0 saturated heterocycles. The summed E-state index contributed by atoms with van der Waals surface area (Å²) in [6.45, 7) is -0.132. The Morgan fingerprint density at radius 1 is 1.32 bits per heavy atom. The smallest absolute Gasteiger partial charge is 0.319 e. The highest BCUT2D eigenvalue weighted by molar-refractivity contribution is 5.92. The van der Waals surface area contributed by atoms with Crippen LogP contribution in [-0.2, 0) is 16.0 Å². The number of pyridine rings is 1. The molecule has 0 radical (unpaired) electrons. The van der Waals surface area contributed by atoms with E-state index >= 15 is 0 Å². The van der Waals surface area contributed by atoms with Crippen molar-refractivity contribution in [3.05, 3.63) is 24.0 Å². The summed E-state index contributed by atoms with van der Waals surface area (Å²) < 4.78 is 0. The van der Waals surface area contributed by atoms with Gasteiger partial charge in [0.2, 0.25) is 5.91 Å². The highest BCUT2D eigenvalue weighted by atomic mass is 16.4. The first-order chi connectivity index (χ1) is 9.01. The van der Waals surface area contributed by atoms with Crippen molar-refractivity contribution in [2.24, 2.45) is 0 Å². The Bertz CT molecular complexity index is 472. The van der Waals surface area contributed by atoms with Crippen LogP contribution in [0.5, 0.6) is 0 Å². The maximum atomic E-state index is 11.4. The van der Waals surface area contributed by atoms with Gasteiger partial charge in [0.25, 0.3) is 0 Å². The fourth-order valence-electron chi connectivity index (χ4n) is 1.18. The molecule has 1 aromatic heterocycles. The van der Waals surface area contributed by atoms with Gasteiger partial charge in [-0.05, 0) is 12.1 Å². The van der Waals surface area contributed by atoms with E-state index in [-0.39, 0.29) is 18.9 Å². The summed E-state index contributed by atoms with van der Waals surface area (Å²) in [7, 11) is 1.47. The van der Waals surface area contributed by atoms with Gasteiger partial charge in [-0.1, -0.05) is 0 Å². The van der Waals surface area contributed by atoms with Gasteiger partial charge in [0.05, 0.1) is 30.5 Å². The van der Waals surface area contributed by atoms with Gasteiger partial charge in [0.15, 0.2) is 0 Å². The third kappa shape index (κ3) is 5.48. The second kappa shape index (κ2) is 6.94. The van der Waals surface area contributed by atoms with Gasteiger partial charge in [-0.25, -0.2) is 4.79 Å². The van der Waals surface area contributed by atoms with Crippen molar-refractivity contribution in [3.63, 3.8) is 0 Å². The minimum atomic E-state index is -0.975. The lowest BCUT2D eigenvalue weighted by atomic mass is 10.2.